The van der Waals surface area contributed by atoms with Crippen LogP contribution in [-0.4, -0.2) is 31.6 Å². The molecule has 25 heavy (non-hydrogen) atoms. The normalized spacial score (nSPS) is 23.1. The van der Waals surface area contributed by atoms with Crippen molar-refractivity contribution in [2.45, 2.75) is 90.4 Å². The van der Waals surface area contributed by atoms with Crippen LogP contribution in [-0.2, 0) is 25.7 Å². The molecule has 5 nitrogen and oxygen atoms in total. The van der Waals surface area contributed by atoms with E-state index in [4.69, 9.17) is 0 Å². The molecular formula is C20H31N5. The average molecular weight is 342 g/mol. The maximum Gasteiger partial charge on any atom is 0.0525 e. The van der Waals surface area contributed by atoms with E-state index in [2.05, 4.69) is 65.0 Å². The van der Waals surface area contributed by atoms with E-state index in [1.165, 1.54) is 35.4 Å². The second-order valence-electron chi connectivity index (χ2n) is 8.36. The fraction of sp³-hybridized carbons (Fsp3) is 0.700. The van der Waals surface area contributed by atoms with E-state index in [1.54, 1.807) is 0 Å². The monoisotopic (exact) mass is 341 g/mol. The maximum atomic E-state index is 4.61. The lowest BCUT2D eigenvalue weighted by Crippen LogP contribution is -2.44. The highest BCUT2D eigenvalue weighted by Crippen LogP contribution is 2.27. The number of fused-ring (bicyclic) bond motifs is 2. The third-order valence-corrected chi connectivity index (χ3v) is 5.81. The molecule has 2 atom stereocenters. The minimum absolute atomic E-state index is 0.461. The number of nitrogens with one attached hydrogen (secondary N) is 1. The first kappa shape index (κ1) is 16.8. The Labute approximate surface area is 150 Å². The van der Waals surface area contributed by atoms with Crippen molar-refractivity contribution in [2.24, 2.45) is 0 Å². The molecule has 0 spiro atoms. The third kappa shape index (κ3) is 3.14. The lowest BCUT2D eigenvalue weighted by atomic mass is 9.89. The van der Waals surface area contributed by atoms with E-state index >= 15 is 0 Å². The van der Waals surface area contributed by atoms with Gasteiger partial charge in [0.1, 0.15) is 0 Å². The third-order valence-electron chi connectivity index (χ3n) is 5.81. The van der Waals surface area contributed by atoms with Crippen LogP contribution in [0.4, 0.5) is 0 Å². The van der Waals surface area contributed by atoms with Crippen molar-refractivity contribution < 1.29 is 0 Å². The van der Waals surface area contributed by atoms with Gasteiger partial charge in [0.2, 0.25) is 0 Å². The predicted octanol–water partition coefficient (Wildman–Crippen LogP) is 3.25. The number of hydrogen-bond acceptors (Lipinski definition) is 3. The summed E-state index contributed by atoms with van der Waals surface area (Å²) in [6.45, 7) is 8.87. The quantitative estimate of drug-likeness (QED) is 0.929. The summed E-state index contributed by atoms with van der Waals surface area (Å²) in [5.41, 5.74) is 5.80. The lowest BCUT2D eigenvalue weighted by Gasteiger charge is -2.31. The van der Waals surface area contributed by atoms with Gasteiger partial charge < -0.3 is 5.32 Å². The number of hydrogen-bond donors (Lipinski definition) is 1. The summed E-state index contributed by atoms with van der Waals surface area (Å²) in [5, 5.41) is 13.2. The molecule has 0 saturated carbocycles. The molecule has 5 heteroatoms. The second kappa shape index (κ2) is 6.60. The van der Waals surface area contributed by atoms with Gasteiger partial charge in [-0.05, 0) is 77.3 Å². The molecule has 136 valence electrons. The summed E-state index contributed by atoms with van der Waals surface area (Å²) < 4.78 is 4.41. The summed E-state index contributed by atoms with van der Waals surface area (Å²) in [6, 6.07) is 2.10. The molecule has 0 aromatic carbocycles. The first-order valence-corrected chi connectivity index (χ1v) is 9.89. The van der Waals surface area contributed by atoms with Crippen molar-refractivity contribution in [1.82, 2.24) is 24.9 Å². The van der Waals surface area contributed by atoms with E-state index in [-0.39, 0.29) is 0 Å². The highest BCUT2D eigenvalue weighted by atomic mass is 15.3. The van der Waals surface area contributed by atoms with Gasteiger partial charge in [0.25, 0.3) is 0 Å². The summed E-state index contributed by atoms with van der Waals surface area (Å²) in [4.78, 5) is 0. The Bertz CT molecular complexity index is 677. The van der Waals surface area contributed by atoms with Gasteiger partial charge in [0.15, 0.2) is 0 Å². The molecule has 0 amide bonds. The summed E-state index contributed by atoms with van der Waals surface area (Å²) in [7, 11) is 0. The van der Waals surface area contributed by atoms with Crippen molar-refractivity contribution in [1.29, 1.82) is 0 Å². The molecule has 0 fully saturated rings. The first-order valence-electron chi connectivity index (χ1n) is 9.89. The number of aromatic nitrogens is 4. The van der Waals surface area contributed by atoms with Gasteiger partial charge in [0, 0.05) is 35.6 Å². The minimum Gasteiger partial charge on any atom is -0.311 e. The van der Waals surface area contributed by atoms with E-state index in [1.807, 2.05) is 0 Å². The molecule has 2 aliphatic carbocycles. The molecule has 2 unspecified atom stereocenters. The van der Waals surface area contributed by atoms with Crippen LogP contribution in [0.15, 0.2) is 12.4 Å². The summed E-state index contributed by atoms with van der Waals surface area (Å²) in [6.07, 6.45) is 11.2. The first-order chi connectivity index (χ1) is 12.0. The van der Waals surface area contributed by atoms with Gasteiger partial charge in [0.05, 0.1) is 12.4 Å². The number of rotatable bonds is 4. The lowest BCUT2D eigenvalue weighted by molar-refractivity contribution is 0.355. The van der Waals surface area contributed by atoms with E-state index < -0.39 is 0 Å². The van der Waals surface area contributed by atoms with Gasteiger partial charge in [-0.25, -0.2) is 0 Å². The Morgan fingerprint density at radius 2 is 1.28 bits per heavy atom. The van der Waals surface area contributed by atoms with Crippen LogP contribution in [0.2, 0.25) is 0 Å². The zero-order valence-electron chi connectivity index (χ0n) is 16.0. The highest BCUT2D eigenvalue weighted by molar-refractivity contribution is 5.25. The van der Waals surface area contributed by atoms with Gasteiger partial charge in [-0.15, -0.1) is 0 Å². The Morgan fingerprint density at radius 1 is 0.840 bits per heavy atom. The van der Waals surface area contributed by atoms with Crippen LogP contribution >= 0.6 is 0 Å². The largest absolute Gasteiger partial charge is 0.311 e. The Balaban J connectivity index is 1.40. The molecular weight excluding hydrogens is 310 g/mol. The van der Waals surface area contributed by atoms with Gasteiger partial charge >= 0.3 is 0 Å². The van der Waals surface area contributed by atoms with Crippen LogP contribution in [0.25, 0.3) is 0 Å². The van der Waals surface area contributed by atoms with Crippen molar-refractivity contribution in [3.8, 4) is 0 Å². The highest BCUT2D eigenvalue weighted by Gasteiger charge is 2.28. The average Bonchev–Trinajstić information content (AvgIpc) is 3.17. The molecule has 2 aliphatic rings. The molecule has 0 saturated heterocycles. The predicted molar refractivity (Wildman–Crippen MR) is 100.0 cm³/mol. The Kier molecular flexibility index (Phi) is 4.44. The Hall–Kier alpha value is -1.62. The molecule has 4 rings (SSSR count). The van der Waals surface area contributed by atoms with Crippen molar-refractivity contribution in [3.63, 3.8) is 0 Å². The molecule has 2 aromatic rings. The van der Waals surface area contributed by atoms with Crippen molar-refractivity contribution in [2.75, 3.05) is 0 Å². The van der Waals surface area contributed by atoms with E-state index in [0.717, 1.165) is 25.7 Å². The molecule has 0 radical (unpaired) electrons. The zero-order chi connectivity index (χ0) is 17.6. The van der Waals surface area contributed by atoms with E-state index in [0.29, 0.717) is 24.2 Å². The second-order valence-corrected chi connectivity index (χ2v) is 8.36. The number of nitrogens with zero attached hydrogens (tertiary/aromatic N) is 4. The van der Waals surface area contributed by atoms with Crippen LogP contribution in [0.5, 0.6) is 0 Å². The molecule has 0 aliphatic heterocycles. The summed E-state index contributed by atoms with van der Waals surface area (Å²) >= 11 is 0. The molecule has 2 heterocycles. The smallest absolute Gasteiger partial charge is 0.0525 e. The van der Waals surface area contributed by atoms with Crippen molar-refractivity contribution in [3.05, 3.63) is 34.9 Å². The summed E-state index contributed by atoms with van der Waals surface area (Å²) in [5.74, 6) is 0. The molecule has 1 N–H and O–H groups in total. The van der Waals surface area contributed by atoms with E-state index in [9.17, 15) is 0 Å². The zero-order valence-corrected chi connectivity index (χ0v) is 16.0. The fourth-order valence-corrected chi connectivity index (χ4v) is 4.60. The molecule has 0 bridgehead atoms. The topological polar surface area (TPSA) is 47.7 Å². The van der Waals surface area contributed by atoms with Crippen LogP contribution in [0.1, 0.15) is 75.1 Å². The fourth-order valence-electron chi connectivity index (χ4n) is 4.60. The SMILES string of the molecule is CC(C)n1ncc2c1CCC(NC1CCc3c(cnn3C(C)C)C1)C2. The van der Waals surface area contributed by atoms with Gasteiger partial charge in [-0.1, -0.05) is 0 Å². The molecule has 2 aromatic heterocycles. The Morgan fingerprint density at radius 3 is 1.68 bits per heavy atom. The van der Waals surface area contributed by atoms with Crippen LogP contribution in [0.3, 0.4) is 0 Å². The minimum atomic E-state index is 0.461. The standard InChI is InChI=1S/C20H31N5/c1-13(2)24-19-7-5-17(9-15(19)11-21-24)23-18-6-8-20-16(10-18)12-22-25(20)14(3)4/h11-14,17-18,23H,5-10H2,1-4H3. The van der Waals surface area contributed by atoms with Crippen LogP contribution in [0, 0.1) is 0 Å². The van der Waals surface area contributed by atoms with Gasteiger partial charge in [-0.3, -0.25) is 9.36 Å². The van der Waals surface area contributed by atoms with Crippen LogP contribution < -0.4 is 5.32 Å². The van der Waals surface area contributed by atoms with Crippen molar-refractivity contribution >= 4 is 0 Å². The van der Waals surface area contributed by atoms with Gasteiger partial charge in [-0.2, -0.15) is 10.2 Å². The maximum absolute atomic E-state index is 4.61.